The number of furan rings is 1. The Morgan fingerprint density at radius 1 is 1.26 bits per heavy atom. The summed E-state index contributed by atoms with van der Waals surface area (Å²) in [6.07, 6.45) is 1.04. The molecule has 0 saturated carbocycles. The van der Waals surface area contributed by atoms with E-state index >= 15 is 0 Å². The van der Waals surface area contributed by atoms with Crippen molar-refractivity contribution in [2.24, 2.45) is 0 Å². The van der Waals surface area contributed by atoms with Gasteiger partial charge in [-0.15, -0.1) is 0 Å². The molecular weight excluding hydrogens is 246 g/mol. The molecule has 1 aromatic carbocycles. The van der Waals surface area contributed by atoms with Crippen molar-refractivity contribution in [3.8, 4) is 0 Å². The van der Waals surface area contributed by atoms with Crippen molar-refractivity contribution >= 4 is 11.9 Å². The molecule has 0 radical (unpaired) electrons. The molecule has 0 aliphatic heterocycles. The quantitative estimate of drug-likeness (QED) is 0.882. The lowest BCUT2D eigenvalue weighted by molar-refractivity contribution is 0.0696. The monoisotopic (exact) mass is 259 g/mol. The lowest BCUT2D eigenvalue weighted by Crippen LogP contribution is -2.22. The van der Waals surface area contributed by atoms with Crippen LogP contribution in [0.5, 0.6) is 0 Å². The SMILES string of the molecule is Cc1ccc(CNC(=O)c2cc(C(=O)O)co2)cc1. The Morgan fingerprint density at radius 2 is 1.95 bits per heavy atom. The highest BCUT2D eigenvalue weighted by Crippen LogP contribution is 2.08. The Hall–Kier alpha value is -2.56. The molecule has 1 aromatic heterocycles. The van der Waals surface area contributed by atoms with Gasteiger partial charge in [0.05, 0.1) is 5.56 Å². The van der Waals surface area contributed by atoms with Gasteiger partial charge < -0.3 is 14.8 Å². The summed E-state index contributed by atoms with van der Waals surface area (Å²) in [6, 6.07) is 8.95. The van der Waals surface area contributed by atoms with E-state index in [0.29, 0.717) is 6.54 Å². The summed E-state index contributed by atoms with van der Waals surface area (Å²) < 4.78 is 4.90. The topological polar surface area (TPSA) is 79.5 Å². The average Bonchev–Trinajstić information content (AvgIpc) is 2.87. The molecular formula is C14H13NO4. The number of carboxylic acid groups (broad SMARTS) is 1. The van der Waals surface area contributed by atoms with Gasteiger partial charge in [-0.1, -0.05) is 29.8 Å². The maximum atomic E-state index is 11.7. The second-order valence-corrected chi connectivity index (χ2v) is 4.17. The van der Waals surface area contributed by atoms with E-state index in [-0.39, 0.29) is 11.3 Å². The van der Waals surface area contributed by atoms with Crippen LogP contribution in [0.1, 0.15) is 32.0 Å². The minimum atomic E-state index is -1.12. The second kappa shape index (κ2) is 5.39. The van der Waals surface area contributed by atoms with E-state index < -0.39 is 11.9 Å². The Bertz CT molecular complexity index is 598. The number of benzene rings is 1. The predicted octanol–water partition coefficient (Wildman–Crippen LogP) is 2.22. The van der Waals surface area contributed by atoms with Gasteiger partial charge in [0.25, 0.3) is 5.91 Å². The number of hydrogen-bond acceptors (Lipinski definition) is 3. The zero-order valence-corrected chi connectivity index (χ0v) is 10.3. The number of hydrogen-bond donors (Lipinski definition) is 2. The van der Waals surface area contributed by atoms with E-state index in [0.717, 1.165) is 17.4 Å². The number of carbonyl (C=O) groups excluding carboxylic acids is 1. The van der Waals surface area contributed by atoms with Gasteiger partial charge in [0, 0.05) is 12.6 Å². The van der Waals surface area contributed by atoms with Crippen molar-refractivity contribution in [2.75, 3.05) is 0 Å². The summed E-state index contributed by atoms with van der Waals surface area (Å²) in [6.45, 7) is 2.35. The highest BCUT2D eigenvalue weighted by molar-refractivity contribution is 5.95. The van der Waals surface area contributed by atoms with Crippen molar-refractivity contribution in [3.05, 3.63) is 59.0 Å². The molecule has 0 bridgehead atoms. The number of carbonyl (C=O) groups is 2. The van der Waals surface area contributed by atoms with Gasteiger partial charge in [-0.25, -0.2) is 4.79 Å². The molecule has 1 amide bonds. The van der Waals surface area contributed by atoms with E-state index in [1.54, 1.807) is 0 Å². The predicted molar refractivity (Wildman–Crippen MR) is 68.0 cm³/mol. The van der Waals surface area contributed by atoms with Crippen LogP contribution in [0.3, 0.4) is 0 Å². The number of aryl methyl sites for hydroxylation is 1. The van der Waals surface area contributed by atoms with Crippen LogP contribution >= 0.6 is 0 Å². The normalized spacial score (nSPS) is 10.2. The standard InChI is InChI=1S/C14H13NO4/c1-9-2-4-10(5-3-9)7-15-13(16)12-6-11(8-19-12)14(17)18/h2-6,8H,7H2,1H3,(H,15,16)(H,17,18). The summed E-state index contributed by atoms with van der Waals surface area (Å²) >= 11 is 0. The minimum absolute atomic E-state index is 0.00971. The second-order valence-electron chi connectivity index (χ2n) is 4.17. The fourth-order valence-electron chi connectivity index (χ4n) is 1.54. The molecule has 0 spiro atoms. The molecule has 0 fully saturated rings. The zero-order valence-electron chi connectivity index (χ0n) is 10.3. The Morgan fingerprint density at radius 3 is 2.53 bits per heavy atom. The first kappa shape index (κ1) is 12.9. The third kappa shape index (κ3) is 3.22. The number of nitrogens with one attached hydrogen (secondary N) is 1. The van der Waals surface area contributed by atoms with E-state index in [9.17, 15) is 9.59 Å². The minimum Gasteiger partial charge on any atom is -0.478 e. The number of amides is 1. The molecule has 5 heteroatoms. The molecule has 0 unspecified atom stereocenters. The Labute approximate surface area is 109 Å². The molecule has 0 saturated heterocycles. The number of carboxylic acids is 1. The molecule has 2 aromatic rings. The molecule has 1 heterocycles. The van der Waals surface area contributed by atoms with Crippen molar-refractivity contribution in [1.82, 2.24) is 5.32 Å². The van der Waals surface area contributed by atoms with Crippen LogP contribution in [0.25, 0.3) is 0 Å². The number of aromatic carboxylic acids is 1. The van der Waals surface area contributed by atoms with Crippen LogP contribution in [-0.4, -0.2) is 17.0 Å². The van der Waals surface area contributed by atoms with Crippen LogP contribution < -0.4 is 5.32 Å². The van der Waals surface area contributed by atoms with Crippen LogP contribution in [-0.2, 0) is 6.54 Å². The maximum absolute atomic E-state index is 11.7. The van der Waals surface area contributed by atoms with Gasteiger partial charge in [-0.3, -0.25) is 4.79 Å². The molecule has 0 atom stereocenters. The zero-order chi connectivity index (χ0) is 13.8. The summed E-state index contributed by atoms with van der Waals surface area (Å²) in [7, 11) is 0. The maximum Gasteiger partial charge on any atom is 0.338 e. The molecule has 5 nitrogen and oxygen atoms in total. The van der Waals surface area contributed by atoms with Gasteiger partial charge >= 0.3 is 5.97 Å². The van der Waals surface area contributed by atoms with Crippen molar-refractivity contribution in [3.63, 3.8) is 0 Å². The summed E-state index contributed by atoms with van der Waals surface area (Å²) in [5.41, 5.74) is 2.07. The summed E-state index contributed by atoms with van der Waals surface area (Å²) in [4.78, 5) is 22.4. The molecule has 19 heavy (non-hydrogen) atoms. The molecule has 2 N–H and O–H groups in total. The molecule has 2 rings (SSSR count). The van der Waals surface area contributed by atoms with Crippen LogP contribution in [0, 0.1) is 6.92 Å². The molecule has 0 aliphatic carbocycles. The molecule has 0 aliphatic rings. The van der Waals surface area contributed by atoms with Gasteiger partial charge in [-0.05, 0) is 12.5 Å². The van der Waals surface area contributed by atoms with Gasteiger partial charge in [0.1, 0.15) is 6.26 Å². The molecule has 98 valence electrons. The van der Waals surface area contributed by atoms with E-state index in [1.165, 1.54) is 6.07 Å². The summed E-state index contributed by atoms with van der Waals surface area (Å²) in [5.74, 6) is -1.57. The van der Waals surface area contributed by atoms with E-state index in [1.807, 2.05) is 31.2 Å². The van der Waals surface area contributed by atoms with E-state index in [2.05, 4.69) is 5.32 Å². The summed E-state index contributed by atoms with van der Waals surface area (Å²) in [5, 5.41) is 11.4. The van der Waals surface area contributed by atoms with Gasteiger partial charge in [0.15, 0.2) is 5.76 Å². The van der Waals surface area contributed by atoms with Gasteiger partial charge in [0.2, 0.25) is 0 Å². The van der Waals surface area contributed by atoms with Gasteiger partial charge in [-0.2, -0.15) is 0 Å². The average molecular weight is 259 g/mol. The Kier molecular flexibility index (Phi) is 3.66. The first-order valence-electron chi connectivity index (χ1n) is 5.72. The third-order valence-electron chi connectivity index (χ3n) is 2.64. The van der Waals surface area contributed by atoms with Crippen LogP contribution in [0.4, 0.5) is 0 Å². The Balaban J connectivity index is 1.97. The van der Waals surface area contributed by atoms with Crippen molar-refractivity contribution in [2.45, 2.75) is 13.5 Å². The first-order chi connectivity index (χ1) is 9.06. The fraction of sp³-hybridized carbons (Fsp3) is 0.143. The van der Waals surface area contributed by atoms with Crippen LogP contribution in [0.15, 0.2) is 41.0 Å². The smallest absolute Gasteiger partial charge is 0.338 e. The lowest BCUT2D eigenvalue weighted by Gasteiger charge is -2.03. The number of rotatable bonds is 4. The van der Waals surface area contributed by atoms with Crippen molar-refractivity contribution in [1.29, 1.82) is 0 Å². The highest BCUT2D eigenvalue weighted by Gasteiger charge is 2.14. The highest BCUT2D eigenvalue weighted by atomic mass is 16.4. The fourth-order valence-corrected chi connectivity index (χ4v) is 1.54. The largest absolute Gasteiger partial charge is 0.478 e. The van der Waals surface area contributed by atoms with E-state index in [4.69, 9.17) is 9.52 Å². The lowest BCUT2D eigenvalue weighted by atomic mass is 10.1. The third-order valence-corrected chi connectivity index (χ3v) is 2.64. The van der Waals surface area contributed by atoms with Crippen molar-refractivity contribution < 1.29 is 19.1 Å². The first-order valence-corrected chi connectivity index (χ1v) is 5.72. The van der Waals surface area contributed by atoms with Crippen LogP contribution in [0.2, 0.25) is 0 Å².